The van der Waals surface area contributed by atoms with E-state index in [1.807, 2.05) is 0 Å². The van der Waals surface area contributed by atoms with Gasteiger partial charge in [0.25, 0.3) is 0 Å². The molecule has 246 valence electrons. The van der Waals surface area contributed by atoms with Crippen molar-refractivity contribution in [1.82, 2.24) is 0 Å². The Morgan fingerprint density at radius 2 is 0.961 bits per heavy atom. The SMILES string of the molecule is CC1(C)c2cccc3ccc4cc(N(c5ccc(-c6c(F)c(F)c(F)c(F)c6F)cc5)c5ccc6ccc7cccc8ccc5c6c78)cc1c4c23. The van der Waals surface area contributed by atoms with Gasteiger partial charge in [0.05, 0.1) is 11.3 Å². The highest BCUT2D eigenvalue weighted by molar-refractivity contribution is 6.26. The first-order valence-electron chi connectivity index (χ1n) is 16.7. The summed E-state index contributed by atoms with van der Waals surface area (Å²) in [6, 6.07) is 40.2. The van der Waals surface area contributed by atoms with Gasteiger partial charge in [0.15, 0.2) is 23.3 Å². The molecule has 0 spiro atoms. The zero-order chi connectivity index (χ0) is 34.9. The Morgan fingerprint density at radius 1 is 0.431 bits per heavy atom. The molecule has 1 aliphatic carbocycles. The van der Waals surface area contributed by atoms with Crippen molar-refractivity contribution < 1.29 is 22.0 Å². The zero-order valence-electron chi connectivity index (χ0n) is 27.4. The predicted molar refractivity (Wildman–Crippen MR) is 197 cm³/mol. The molecule has 0 unspecified atom stereocenters. The highest BCUT2D eigenvalue weighted by Gasteiger charge is 2.35. The molecule has 0 radical (unpaired) electrons. The molecule has 0 aliphatic heterocycles. The van der Waals surface area contributed by atoms with Crippen molar-refractivity contribution in [3.8, 4) is 11.1 Å². The fourth-order valence-electron chi connectivity index (χ4n) is 8.49. The first-order chi connectivity index (χ1) is 24.6. The van der Waals surface area contributed by atoms with Crippen LogP contribution in [-0.2, 0) is 5.41 Å². The largest absolute Gasteiger partial charge is 0.310 e. The predicted octanol–water partition coefficient (Wildman–Crippen LogP) is 13.4. The van der Waals surface area contributed by atoms with Crippen molar-refractivity contribution >= 4 is 70.9 Å². The van der Waals surface area contributed by atoms with Crippen LogP contribution in [0, 0.1) is 29.1 Å². The number of nitrogens with zero attached hydrogens (tertiary/aromatic N) is 1. The molecule has 9 aromatic rings. The van der Waals surface area contributed by atoms with Gasteiger partial charge in [-0.05, 0) is 95.5 Å². The third-order valence-electron chi connectivity index (χ3n) is 10.9. The van der Waals surface area contributed by atoms with Crippen LogP contribution < -0.4 is 4.90 Å². The monoisotopic (exact) mass is 675 g/mol. The highest BCUT2D eigenvalue weighted by atomic mass is 19.2. The standard InChI is InChI=1S/C45H26F5N/c1-45(2)32-8-4-7-25-11-12-28-21-30(22-33(45)38(28)37(25)32)51(29-17-13-27(14-18-29)39-40(46)42(48)44(50)43(49)41(39)47)34-20-16-26-10-9-23-5-3-6-24-15-19-31(34)36(26)35(23)24/h3-22H,1-2H3. The Morgan fingerprint density at radius 3 is 1.65 bits per heavy atom. The van der Waals surface area contributed by atoms with Crippen LogP contribution in [0.3, 0.4) is 0 Å². The van der Waals surface area contributed by atoms with Crippen LogP contribution in [0.2, 0.25) is 0 Å². The summed E-state index contributed by atoms with van der Waals surface area (Å²) in [6.07, 6.45) is 0. The molecule has 0 aromatic heterocycles. The molecule has 9 aromatic carbocycles. The Bertz CT molecular complexity index is 2900. The molecule has 51 heavy (non-hydrogen) atoms. The average molecular weight is 676 g/mol. The molecular weight excluding hydrogens is 649 g/mol. The molecule has 10 rings (SSSR count). The fraction of sp³-hybridized carbons (Fsp3) is 0.0667. The first-order valence-corrected chi connectivity index (χ1v) is 16.7. The molecule has 0 saturated carbocycles. The van der Waals surface area contributed by atoms with E-state index >= 15 is 0 Å². The Balaban J connectivity index is 1.25. The zero-order valence-corrected chi connectivity index (χ0v) is 27.4. The molecule has 1 aliphatic rings. The van der Waals surface area contributed by atoms with Crippen LogP contribution in [0.25, 0.3) is 65.0 Å². The van der Waals surface area contributed by atoms with Crippen molar-refractivity contribution in [2.75, 3.05) is 4.90 Å². The van der Waals surface area contributed by atoms with E-state index in [4.69, 9.17) is 0 Å². The van der Waals surface area contributed by atoms with E-state index in [0.29, 0.717) is 5.69 Å². The fourth-order valence-corrected chi connectivity index (χ4v) is 8.49. The maximum Gasteiger partial charge on any atom is 0.200 e. The van der Waals surface area contributed by atoms with E-state index in [-0.39, 0.29) is 11.0 Å². The van der Waals surface area contributed by atoms with Gasteiger partial charge < -0.3 is 4.90 Å². The lowest BCUT2D eigenvalue weighted by Gasteiger charge is -2.30. The van der Waals surface area contributed by atoms with Gasteiger partial charge in [-0.1, -0.05) is 105 Å². The molecule has 0 fully saturated rings. The maximum absolute atomic E-state index is 14.9. The molecule has 0 saturated heterocycles. The van der Waals surface area contributed by atoms with Gasteiger partial charge in [-0.25, -0.2) is 22.0 Å². The minimum Gasteiger partial charge on any atom is -0.310 e. The van der Waals surface area contributed by atoms with Crippen LogP contribution >= 0.6 is 0 Å². The van der Waals surface area contributed by atoms with Crippen molar-refractivity contribution in [2.45, 2.75) is 19.3 Å². The van der Waals surface area contributed by atoms with Gasteiger partial charge in [-0.3, -0.25) is 0 Å². The second-order valence-electron chi connectivity index (χ2n) is 14.0. The second kappa shape index (κ2) is 10.3. The van der Waals surface area contributed by atoms with Crippen molar-refractivity contribution in [2.24, 2.45) is 0 Å². The molecule has 0 N–H and O–H groups in total. The topological polar surface area (TPSA) is 3.24 Å². The minimum atomic E-state index is -2.18. The lowest BCUT2D eigenvalue weighted by atomic mass is 9.81. The first kappa shape index (κ1) is 29.9. The van der Waals surface area contributed by atoms with E-state index < -0.39 is 34.6 Å². The van der Waals surface area contributed by atoms with E-state index in [2.05, 4.69) is 116 Å². The number of hydrogen-bond acceptors (Lipinski definition) is 1. The van der Waals surface area contributed by atoms with Crippen LogP contribution in [0.15, 0.2) is 121 Å². The third-order valence-corrected chi connectivity index (χ3v) is 10.9. The van der Waals surface area contributed by atoms with Gasteiger partial charge in [-0.2, -0.15) is 0 Å². The lowest BCUT2D eigenvalue weighted by Crippen LogP contribution is -2.17. The minimum absolute atomic E-state index is 0.127. The summed E-state index contributed by atoms with van der Waals surface area (Å²) in [5, 5.41) is 11.4. The van der Waals surface area contributed by atoms with E-state index in [9.17, 15) is 22.0 Å². The van der Waals surface area contributed by atoms with Crippen molar-refractivity contribution in [1.29, 1.82) is 0 Å². The normalized spacial score (nSPS) is 13.5. The van der Waals surface area contributed by atoms with Crippen LogP contribution in [0.4, 0.5) is 39.0 Å². The third kappa shape index (κ3) is 3.96. The Hall–Kier alpha value is -6.01. The average Bonchev–Trinajstić information content (AvgIpc) is 3.39. The molecule has 0 bridgehead atoms. The molecule has 6 heteroatoms. The quantitative estimate of drug-likeness (QED) is 0.0777. The lowest BCUT2D eigenvalue weighted by molar-refractivity contribution is 0.381. The summed E-state index contributed by atoms with van der Waals surface area (Å²) < 4.78 is 72.2. The summed E-state index contributed by atoms with van der Waals surface area (Å²) in [7, 11) is 0. The summed E-state index contributed by atoms with van der Waals surface area (Å²) >= 11 is 0. The summed E-state index contributed by atoms with van der Waals surface area (Å²) in [4.78, 5) is 2.12. The van der Waals surface area contributed by atoms with Crippen molar-refractivity contribution in [3.05, 3.63) is 162 Å². The summed E-state index contributed by atoms with van der Waals surface area (Å²) in [6.45, 7) is 4.47. The number of hydrogen-bond donors (Lipinski definition) is 0. The number of rotatable bonds is 4. The number of anilines is 3. The summed E-state index contributed by atoms with van der Waals surface area (Å²) in [5.41, 5.74) is 3.47. The number of halogens is 5. The number of benzene rings is 9. The molecule has 0 heterocycles. The van der Waals surface area contributed by atoms with E-state index in [1.54, 1.807) is 12.1 Å². The van der Waals surface area contributed by atoms with Crippen LogP contribution in [-0.4, -0.2) is 0 Å². The second-order valence-corrected chi connectivity index (χ2v) is 14.0. The smallest absolute Gasteiger partial charge is 0.200 e. The van der Waals surface area contributed by atoms with Gasteiger partial charge in [0.2, 0.25) is 5.82 Å². The molecule has 0 amide bonds. The van der Waals surface area contributed by atoms with E-state index in [1.165, 1.54) is 39.4 Å². The van der Waals surface area contributed by atoms with Crippen molar-refractivity contribution in [3.63, 3.8) is 0 Å². The van der Waals surface area contributed by atoms with E-state index in [0.717, 1.165) is 49.1 Å². The maximum atomic E-state index is 14.9. The Kier molecular flexibility index (Phi) is 6.01. The molecular formula is C45H26F5N. The summed E-state index contributed by atoms with van der Waals surface area (Å²) in [5.74, 6) is -9.87. The van der Waals surface area contributed by atoms with Gasteiger partial charge in [0.1, 0.15) is 0 Å². The van der Waals surface area contributed by atoms with Gasteiger partial charge >= 0.3 is 0 Å². The molecule has 0 atom stereocenters. The van der Waals surface area contributed by atoms with Crippen LogP contribution in [0.5, 0.6) is 0 Å². The molecule has 1 nitrogen and oxygen atoms in total. The van der Waals surface area contributed by atoms with Gasteiger partial charge in [-0.15, -0.1) is 0 Å². The van der Waals surface area contributed by atoms with Crippen LogP contribution in [0.1, 0.15) is 25.0 Å². The van der Waals surface area contributed by atoms with Gasteiger partial charge in [0, 0.05) is 22.2 Å². The Labute approximate surface area is 289 Å². The highest BCUT2D eigenvalue weighted by Crippen LogP contribution is 2.52.